The summed E-state index contributed by atoms with van der Waals surface area (Å²) in [5.74, 6) is 0.534. The fraction of sp³-hybridized carbons (Fsp3) is 0.304. The third-order valence-corrected chi connectivity index (χ3v) is 7.29. The van der Waals surface area contributed by atoms with E-state index < -0.39 is 9.84 Å². The first-order chi connectivity index (χ1) is 14.8. The van der Waals surface area contributed by atoms with Crippen molar-refractivity contribution in [3.05, 3.63) is 65.4 Å². The minimum Gasteiger partial charge on any atom is -0.497 e. The maximum absolute atomic E-state index is 13.0. The molecule has 1 aliphatic rings. The van der Waals surface area contributed by atoms with Crippen LogP contribution < -0.4 is 10.1 Å². The second kappa shape index (κ2) is 8.19. The number of nitrogens with zero attached hydrogens (tertiary/aromatic N) is 2. The van der Waals surface area contributed by atoms with Gasteiger partial charge in [0.2, 0.25) is 0 Å². The van der Waals surface area contributed by atoms with Gasteiger partial charge in [-0.1, -0.05) is 17.7 Å². The number of hydrogen-bond donors (Lipinski definition) is 1. The molecule has 2 aromatic carbocycles. The van der Waals surface area contributed by atoms with Crippen LogP contribution in [0.3, 0.4) is 0 Å². The molecule has 1 aliphatic heterocycles. The van der Waals surface area contributed by atoms with Crippen LogP contribution in [0, 0.1) is 13.8 Å². The summed E-state index contributed by atoms with van der Waals surface area (Å²) in [6.45, 7) is 3.93. The summed E-state index contributed by atoms with van der Waals surface area (Å²) < 4.78 is 31.0. The number of ether oxygens (including phenoxy) is 1. The normalized spacial score (nSPS) is 17.5. The number of hydrogen-bond acceptors (Lipinski definition) is 5. The SMILES string of the molecule is COc1ccc(-c2cc(C(=O)Nc3ccc(C)cc3C)nn2C2CCS(=O)(=O)C2)cc1. The fourth-order valence-corrected chi connectivity index (χ4v) is 5.56. The minimum atomic E-state index is -3.10. The van der Waals surface area contributed by atoms with Crippen LogP contribution >= 0.6 is 0 Å². The third kappa shape index (κ3) is 4.49. The van der Waals surface area contributed by atoms with Gasteiger partial charge in [0, 0.05) is 11.3 Å². The molecule has 0 saturated carbocycles. The van der Waals surface area contributed by atoms with Crippen LogP contribution in [0.5, 0.6) is 5.75 Å². The highest BCUT2D eigenvalue weighted by Gasteiger charge is 2.32. The summed E-state index contributed by atoms with van der Waals surface area (Å²) in [6.07, 6.45) is 0.477. The van der Waals surface area contributed by atoms with Gasteiger partial charge in [-0.15, -0.1) is 0 Å². The molecule has 1 N–H and O–H groups in total. The van der Waals surface area contributed by atoms with Crippen molar-refractivity contribution in [1.29, 1.82) is 0 Å². The van der Waals surface area contributed by atoms with E-state index in [1.165, 1.54) is 0 Å². The summed E-state index contributed by atoms with van der Waals surface area (Å²) in [5.41, 5.74) is 4.59. The van der Waals surface area contributed by atoms with Crippen LogP contribution in [-0.2, 0) is 9.84 Å². The molecule has 1 unspecified atom stereocenters. The predicted molar refractivity (Wildman–Crippen MR) is 120 cm³/mol. The van der Waals surface area contributed by atoms with Crippen molar-refractivity contribution in [1.82, 2.24) is 9.78 Å². The predicted octanol–water partition coefficient (Wildman–Crippen LogP) is 3.79. The molecular formula is C23H25N3O4S. The zero-order valence-electron chi connectivity index (χ0n) is 17.8. The molecule has 1 amide bonds. The molecule has 162 valence electrons. The number of carbonyl (C=O) groups is 1. The smallest absolute Gasteiger partial charge is 0.276 e. The number of amides is 1. The molecule has 1 saturated heterocycles. The number of methoxy groups -OCH3 is 1. The molecule has 4 rings (SSSR count). The molecule has 0 radical (unpaired) electrons. The first-order valence-corrected chi connectivity index (χ1v) is 11.9. The minimum absolute atomic E-state index is 0.0238. The molecule has 3 aromatic rings. The van der Waals surface area contributed by atoms with Crippen molar-refractivity contribution in [3.63, 3.8) is 0 Å². The molecule has 1 aromatic heterocycles. The van der Waals surface area contributed by atoms with Crippen LogP contribution in [0.15, 0.2) is 48.5 Å². The van der Waals surface area contributed by atoms with E-state index in [0.717, 1.165) is 22.4 Å². The van der Waals surface area contributed by atoms with Gasteiger partial charge in [0.1, 0.15) is 5.75 Å². The average molecular weight is 440 g/mol. The lowest BCUT2D eigenvalue weighted by Gasteiger charge is -2.13. The van der Waals surface area contributed by atoms with E-state index >= 15 is 0 Å². The number of sulfone groups is 1. The van der Waals surface area contributed by atoms with Gasteiger partial charge in [-0.05, 0) is 62.2 Å². The molecule has 2 heterocycles. The Hall–Kier alpha value is -3.13. The lowest BCUT2D eigenvalue weighted by molar-refractivity contribution is 0.102. The van der Waals surface area contributed by atoms with Crippen molar-refractivity contribution in [2.24, 2.45) is 0 Å². The van der Waals surface area contributed by atoms with Gasteiger partial charge in [0.25, 0.3) is 5.91 Å². The van der Waals surface area contributed by atoms with Crippen LogP contribution in [0.4, 0.5) is 5.69 Å². The van der Waals surface area contributed by atoms with Crippen LogP contribution in [0.1, 0.15) is 34.1 Å². The van der Waals surface area contributed by atoms with Crippen molar-refractivity contribution in [2.45, 2.75) is 26.3 Å². The van der Waals surface area contributed by atoms with Gasteiger partial charge in [0.05, 0.1) is 30.4 Å². The number of rotatable bonds is 5. The van der Waals surface area contributed by atoms with E-state index in [2.05, 4.69) is 10.4 Å². The zero-order valence-corrected chi connectivity index (χ0v) is 18.6. The molecule has 1 fully saturated rings. The maximum Gasteiger partial charge on any atom is 0.276 e. The van der Waals surface area contributed by atoms with Crippen LogP contribution in [0.25, 0.3) is 11.3 Å². The van der Waals surface area contributed by atoms with Crippen LogP contribution in [-0.4, -0.2) is 42.7 Å². The zero-order chi connectivity index (χ0) is 22.2. The second-order valence-electron chi connectivity index (χ2n) is 7.92. The van der Waals surface area contributed by atoms with Gasteiger partial charge in [0.15, 0.2) is 15.5 Å². The Balaban J connectivity index is 1.70. The maximum atomic E-state index is 13.0. The Bertz CT molecular complexity index is 1230. The number of carbonyl (C=O) groups excluding carboxylic acids is 1. The summed E-state index contributed by atoms with van der Waals surface area (Å²) in [5, 5.41) is 7.45. The first-order valence-electron chi connectivity index (χ1n) is 10.1. The summed E-state index contributed by atoms with van der Waals surface area (Å²) >= 11 is 0. The Morgan fingerprint density at radius 2 is 1.87 bits per heavy atom. The molecule has 8 heteroatoms. The molecule has 1 atom stereocenters. The molecule has 0 aliphatic carbocycles. The number of aromatic nitrogens is 2. The molecule has 31 heavy (non-hydrogen) atoms. The van der Waals surface area contributed by atoms with E-state index in [4.69, 9.17) is 4.74 Å². The number of nitrogens with one attached hydrogen (secondary N) is 1. The summed E-state index contributed by atoms with van der Waals surface area (Å²) in [6, 6.07) is 14.6. The highest BCUT2D eigenvalue weighted by molar-refractivity contribution is 7.91. The van der Waals surface area contributed by atoms with E-state index in [-0.39, 0.29) is 29.1 Å². The van der Waals surface area contributed by atoms with E-state index in [1.807, 2.05) is 56.3 Å². The molecule has 0 spiro atoms. The average Bonchev–Trinajstić information content (AvgIpc) is 3.33. The van der Waals surface area contributed by atoms with Gasteiger partial charge in [-0.3, -0.25) is 9.48 Å². The highest BCUT2D eigenvalue weighted by Crippen LogP contribution is 2.31. The van der Waals surface area contributed by atoms with E-state index in [0.29, 0.717) is 17.9 Å². The standard InChI is InChI=1S/C23H25N3O4S/c1-15-4-9-20(16(2)12-15)24-23(27)21-13-22(17-5-7-19(30-3)8-6-17)26(25-21)18-10-11-31(28,29)14-18/h4-9,12-13,18H,10-11,14H2,1-3H3,(H,24,27). The van der Waals surface area contributed by atoms with Gasteiger partial charge in [-0.25, -0.2) is 8.42 Å². The van der Waals surface area contributed by atoms with Crippen molar-refractivity contribution < 1.29 is 17.9 Å². The molecule has 7 nitrogen and oxygen atoms in total. The number of aryl methyl sites for hydroxylation is 2. The van der Waals surface area contributed by atoms with Crippen molar-refractivity contribution in [2.75, 3.05) is 23.9 Å². The largest absolute Gasteiger partial charge is 0.497 e. The Kier molecular flexibility index (Phi) is 5.58. The second-order valence-corrected chi connectivity index (χ2v) is 10.1. The Morgan fingerprint density at radius 3 is 2.48 bits per heavy atom. The summed E-state index contributed by atoms with van der Waals surface area (Å²) in [4.78, 5) is 13.0. The van der Waals surface area contributed by atoms with Gasteiger partial charge >= 0.3 is 0 Å². The van der Waals surface area contributed by atoms with Crippen LogP contribution in [0.2, 0.25) is 0 Å². The van der Waals surface area contributed by atoms with Gasteiger partial charge in [-0.2, -0.15) is 5.10 Å². The fourth-order valence-electron chi connectivity index (χ4n) is 3.87. The first kappa shape index (κ1) is 21.1. The van der Waals surface area contributed by atoms with Gasteiger partial charge < -0.3 is 10.1 Å². The monoisotopic (exact) mass is 439 g/mol. The summed E-state index contributed by atoms with van der Waals surface area (Å²) in [7, 11) is -1.51. The molecular weight excluding hydrogens is 414 g/mol. The highest BCUT2D eigenvalue weighted by atomic mass is 32.2. The Morgan fingerprint density at radius 1 is 1.13 bits per heavy atom. The topological polar surface area (TPSA) is 90.3 Å². The third-order valence-electron chi connectivity index (χ3n) is 5.54. The quantitative estimate of drug-likeness (QED) is 0.653. The van der Waals surface area contributed by atoms with Crippen molar-refractivity contribution in [3.8, 4) is 17.0 Å². The molecule has 0 bridgehead atoms. The lowest BCUT2D eigenvalue weighted by Crippen LogP contribution is -2.17. The number of anilines is 1. The van der Waals surface area contributed by atoms with E-state index in [1.54, 1.807) is 17.9 Å². The Labute approximate surface area is 182 Å². The van der Waals surface area contributed by atoms with Crippen molar-refractivity contribution >= 4 is 21.4 Å². The lowest BCUT2D eigenvalue weighted by atomic mass is 10.1. The van der Waals surface area contributed by atoms with E-state index in [9.17, 15) is 13.2 Å². The number of benzene rings is 2.